The molecule has 0 unspecified atom stereocenters. The van der Waals surface area contributed by atoms with Crippen molar-refractivity contribution >= 4 is 10.9 Å². The minimum Gasteiger partial charge on any atom is -0.461 e. The number of nitrogens with zero attached hydrogens (tertiary/aromatic N) is 2. The molecule has 0 amide bonds. The van der Waals surface area contributed by atoms with Crippen LogP contribution in [0.5, 0.6) is 5.75 Å². The SMILES string of the molecule is N#CC1=COc2c(ccc3cccnc23)C1. The zero-order chi connectivity index (χ0) is 11.0. The van der Waals surface area contributed by atoms with Crippen molar-refractivity contribution in [1.29, 1.82) is 5.26 Å². The lowest BCUT2D eigenvalue weighted by Crippen LogP contribution is -2.02. The lowest BCUT2D eigenvalue weighted by molar-refractivity contribution is 0.465. The first-order valence-corrected chi connectivity index (χ1v) is 5.01. The van der Waals surface area contributed by atoms with Crippen molar-refractivity contribution in [2.75, 3.05) is 0 Å². The number of aromatic nitrogens is 1. The number of hydrogen-bond donors (Lipinski definition) is 0. The number of ether oxygens (including phenoxy) is 1. The van der Waals surface area contributed by atoms with Crippen molar-refractivity contribution in [1.82, 2.24) is 4.98 Å². The van der Waals surface area contributed by atoms with Crippen LogP contribution in [-0.2, 0) is 6.42 Å². The monoisotopic (exact) mass is 208 g/mol. The second-order valence-electron chi connectivity index (χ2n) is 3.68. The van der Waals surface area contributed by atoms with Gasteiger partial charge in [0.05, 0.1) is 11.6 Å². The van der Waals surface area contributed by atoms with Gasteiger partial charge in [0, 0.05) is 23.6 Å². The van der Waals surface area contributed by atoms with Crippen molar-refractivity contribution in [3.05, 3.63) is 47.9 Å². The van der Waals surface area contributed by atoms with Gasteiger partial charge in [-0.15, -0.1) is 0 Å². The van der Waals surface area contributed by atoms with Crippen molar-refractivity contribution in [3.63, 3.8) is 0 Å². The highest BCUT2D eigenvalue weighted by atomic mass is 16.5. The fourth-order valence-electron chi connectivity index (χ4n) is 1.87. The van der Waals surface area contributed by atoms with Crippen LogP contribution in [0.3, 0.4) is 0 Å². The second kappa shape index (κ2) is 3.35. The molecule has 0 spiro atoms. The molecule has 1 aliphatic rings. The molecular weight excluding hydrogens is 200 g/mol. The fourth-order valence-corrected chi connectivity index (χ4v) is 1.87. The van der Waals surface area contributed by atoms with Gasteiger partial charge >= 0.3 is 0 Å². The van der Waals surface area contributed by atoms with Crippen LogP contribution < -0.4 is 4.74 Å². The van der Waals surface area contributed by atoms with Crippen LogP contribution in [0.15, 0.2) is 42.3 Å². The van der Waals surface area contributed by atoms with Crippen LogP contribution in [0.25, 0.3) is 10.9 Å². The van der Waals surface area contributed by atoms with E-state index in [-0.39, 0.29) is 0 Å². The molecule has 0 radical (unpaired) electrons. The van der Waals surface area contributed by atoms with E-state index >= 15 is 0 Å². The van der Waals surface area contributed by atoms with E-state index in [9.17, 15) is 0 Å². The van der Waals surface area contributed by atoms with Crippen LogP contribution in [0.1, 0.15) is 5.56 Å². The van der Waals surface area contributed by atoms with E-state index < -0.39 is 0 Å². The summed E-state index contributed by atoms with van der Waals surface area (Å²) in [7, 11) is 0. The number of fused-ring (bicyclic) bond motifs is 3. The quantitative estimate of drug-likeness (QED) is 0.668. The summed E-state index contributed by atoms with van der Waals surface area (Å²) in [5.74, 6) is 0.775. The molecule has 76 valence electrons. The average molecular weight is 208 g/mol. The van der Waals surface area contributed by atoms with Crippen molar-refractivity contribution in [2.24, 2.45) is 0 Å². The molecule has 3 heteroatoms. The molecule has 1 aliphatic heterocycles. The molecule has 1 aromatic carbocycles. The van der Waals surface area contributed by atoms with Gasteiger partial charge in [0.25, 0.3) is 0 Å². The summed E-state index contributed by atoms with van der Waals surface area (Å²) in [4.78, 5) is 4.31. The zero-order valence-electron chi connectivity index (χ0n) is 8.47. The minimum atomic E-state index is 0.623. The van der Waals surface area contributed by atoms with Gasteiger partial charge in [-0.05, 0) is 6.07 Å². The summed E-state index contributed by atoms with van der Waals surface area (Å²) in [6.07, 6.45) is 3.88. The van der Waals surface area contributed by atoms with Crippen LogP contribution in [0, 0.1) is 11.3 Å². The maximum Gasteiger partial charge on any atom is 0.156 e. The Bertz CT molecular complexity index is 638. The van der Waals surface area contributed by atoms with Crippen LogP contribution in [-0.4, -0.2) is 4.98 Å². The summed E-state index contributed by atoms with van der Waals surface area (Å²) in [5, 5.41) is 9.87. The summed E-state index contributed by atoms with van der Waals surface area (Å²) in [6, 6.07) is 10.00. The number of nitriles is 1. The molecule has 0 atom stereocenters. The molecule has 0 N–H and O–H groups in total. The molecule has 0 saturated carbocycles. The van der Waals surface area contributed by atoms with Gasteiger partial charge < -0.3 is 4.74 Å². The Hall–Kier alpha value is -2.34. The highest BCUT2D eigenvalue weighted by Crippen LogP contribution is 2.32. The summed E-state index contributed by atoms with van der Waals surface area (Å²) in [5.41, 5.74) is 2.52. The van der Waals surface area contributed by atoms with Crippen LogP contribution in [0.2, 0.25) is 0 Å². The van der Waals surface area contributed by atoms with Crippen LogP contribution >= 0.6 is 0 Å². The van der Waals surface area contributed by atoms with Crippen molar-refractivity contribution in [3.8, 4) is 11.8 Å². The van der Waals surface area contributed by atoms with E-state index in [1.165, 1.54) is 6.26 Å². The van der Waals surface area contributed by atoms with Gasteiger partial charge in [0.15, 0.2) is 5.75 Å². The van der Waals surface area contributed by atoms with Gasteiger partial charge in [-0.1, -0.05) is 18.2 Å². The average Bonchev–Trinajstić information content (AvgIpc) is 2.38. The molecular formula is C13H8N2O. The first kappa shape index (κ1) is 8.93. The summed E-state index contributed by atoms with van der Waals surface area (Å²) < 4.78 is 5.49. The van der Waals surface area contributed by atoms with Gasteiger partial charge in [-0.3, -0.25) is 4.98 Å². The largest absolute Gasteiger partial charge is 0.461 e. The number of benzene rings is 1. The Balaban J connectivity index is 2.23. The van der Waals surface area contributed by atoms with E-state index in [0.717, 1.165) is 22.2 Å². The standard InChI is InChI=1S/C13H8N2O/c14-7-9-6-11-4-3-10-2-1-5-15-12(10)13(11)16-8-9/h1-5,8H,6H2. The minimum absolute atomic E-state index is 0.623. The van der Waals surface area contributed by atoms with Gasteiger partial charge in [0.1, 0.15) is 11.8 Å². The first-order valence-electron chi connectivity index (χ1n) is 5.01. The highest BCUT2D eigenvalue weighted by molar-refractivity contribution is 5.86. The molecule has 0 aliphatic carbocycles. The lowest BCUT2D eigenvalue weighted by Gasteiger charge is -2.15. The Labute approximate surface area is 92.6 Å². The third-order valence-electron chi connectivity index (χ3n) is 2.65. The molecule has 1 aromatic heterocycles. The smallest absolute Gasteiger partial charge is 0.156 e. The Morgan fingerprint density at radius 3 is 3.12 bits per heavy atom. The second-order valence-corrected chi connectivity index (χ2v) is 3.68. The fraction of sp³-hybridized carbons (Fsp3) is 0.0769. The molecule has 16 heavy (non-hydrogen) atoms. The number of rotatable bonds is 0. The zero-order valence-corrected chi connectivity index (χ0v) is 8.47. The normalized spacial score (nSPS) is 13.6. The molecule has 2 heterocycles. The number of pyridine rings is 1. The van der Waals surface area contributed by atoms with E-state index in [0.29, 0.717) is 12.0 Å². The van der Waals surface area contributed by atoms with Crippen molar-refractivity contribution in [2.45, 2.75) is 6.42 Å². The van der Waals surface area contributed by atoms with Crippen molar-refractivity contribution < 1.29 is 4.74 Å². The van der Waals surface area contributed by atoms with E-state index in [2.05, 4.69) is 11.1 Å². The topological polar surface area (TPSA) is 45.9 Å². The van der Waals surface area contributed by atoms with E-state index in [4.69, 9.17) is 10.00 Å². The maximum atomic E-state index is 8.82. The molecule has 0 saturated heterocycles. The van der Waals surface area contributed by atoms with Gasteiger partial charge in [-0.25, -0.2) is 0 Å². The molecule has 3 nitrogen and oxygen atoms in total. The van der Waals surface area contributed by atoms with E-state index in [1.807, 2.05) is 24.3 Å². The summed E-state index contributed by atoms with van der Waals surface area (Å²) >= 11 is 0. The molecule has 2 aromatic rings. The Kier molecular flexibility index (Phi) is 1.87. The Morgan fingerprint density at radius 1 is 1.31 bits per heavy atom. The first-order chi connectivity index (χ1) is 7.88. The van der Waals surface area contributed by atoms with Gasteiger partial charge in [-0.2, -0.15) is 5.26 Å². The van der Waals surface area contributed by atoms with Crippen LogP contribution in [0.4, 0.5) is 0 Å². The maximum absolute atomic E-state index is 8.82. The Morgan fingerprint density at radius 2 is 2.25 bits per heavy atom. The number of hydrogen-bond acceptors (Lipinski definition) is 3. The predicted octanol–water partition coefficient (Wildman–Crippen LogP) is 2.58. The summed E-state index contributed by atoms with van der Waals surface area (Å²) in [6.45, 7) is 0. The third-order valence-corrected chi connectivity index (χ3v) is 2.65. The molecule has 0 fully saturated rings. The van der Waals surface area contributed by atoms with E-state index in [1.54, 1.807) is 6.20 Å². The number of allylic oxidation sites excluding steroid dienone is 1. The lowest BCUT2D eigenvalue weighted by atomic mass is 10.0. The predicted molar refractivity (Wildman–Crippen MR) is 59.8 cm³/mol. The van der Waals surface area contributed by atoms with Gasteiger partial charge in [0.2, 0.25) is 0 Å². The third kappa shape index (κ3) is 1.24. The molecule has 0 bridgehead atoms. The molecule has 3 rings (SSSR count). The highest BCUT2D eigenvalue weighted by Gasteiger charge is 2.15.